The summed E-state index contributed by atoms with van der Waals surface area (Å²) in [6.07, 6.45) is 20.6. The van der Waals surface area contributed by atoms with E-state index >= 15 is 0 Å². The SMILES string of the molecule is CCNCCCCCNCC(=O)O[C@H]1CC[C@@]2(C)C(=CC[C@H]3[C@@H]4CC[C@H]([C@H](C)CCCC(C)C)[C@@]4(C)CC[C@@H]32)C1. The number of fused-ring (bicyclic) bond motifs is 5. The summed E-state index contributed by atoms with van der Waals surface area (Å²) in [4.78, 5) is 12.6. The van der Waals surface area contributed by atoms with Crippen LogP contribution in [0.15, 0.2) is 11.6 Å². The summed E-state index contributed by atoms with van der Waals surface area (Å²) in [6.45, 7) is 18.1. The third kappa shape index (κ3) is 7.36. The van der Waals surface area contributed by atoms with Crippen molar-refractivity contribution < 1.29 is 9.53 Å². The van der Waals surface area contributed by atoms with Crippen molar-refractivity contribution in [3.63, 3.8) is 0 Å². The van der Waals surface area contributed by atoms with Gasteiger partial charge in [0.25, 0.3) is 0 Å². The first-order valence-corrected chi connectivity index (χ1v) is 17.5. The summed E-state index contributed by atoms with van der Waals surface area (Å²) < 4.78 is 6.00. The van der Waals surface area contributed by atoms with Gasteiger partial charge in [-0.25, -0.2) is 0 Å². The summed E-state index contributed by atoms with van der Waals surface area (Å²) in [5.41, 5.74) is 2.48. The lowest BCUT2D eigenvalue weighted by molar-refractivity contribution is -0.150. The quantitative estimate of drug-likeness (QED) is 0.121. The normalized spacial score (nSPS) is 36.0. The number of unbranched alkanes of at least 4 members (excludes halogenated alkanes) is 2. The van der Waals surface area contributed by atoms with Crippen LogP contribution in [0, 0.1) is 46.3 Å². The molecule has 0 unspecified atom stereocenters. The Labute approximate surface area is 247 Å². The standard InChI is InChI=1S/C36H64N2O2/c1-7-37-22-9-8-10-23-38-25-34(39)40-29-18-20-35(5)28(24-29)14-15-30-32-17-16-31(27(4)13-11-12-26(2)3)36(32,6)21-19-33(30)35/h14,26-27,29-33,37-38H,7-13,15-25H2,1-6H3/t27-,29+,30+,31-,32+,33+,35+,36-/m1/s1. The van der Waals surface area contributed by atoms with E-state index in [-0.39, 0.29) is 12.1 Å². The molecule has 0 radical (unpaired) electrons. The average Bonchev–Trinajstić information content (AvgIpc) is 3.27. The third-order valence-electron chi connectivity index (χ3n) is 12.3. The lowest BCUT2D eigenvalue weighted by Gasteiger charge is -2.58. The Bertz CT molecular complexity index is 839. The smallest absolute Gasteiger partial charge is 0.320 e. The third-order valence-corrected chi connectivity index (χ3v) is 12.3. The number of ether oxygens (including phenoxy) is 1. The summed E-state index contributed by atoms with van der Waals surface area (Å²) in [6, 6.07) is 0. The Morgan fingerprint density at radius 1 is 0.950 bits per heavy atom. The number of rotatable bonds is 15. The number of hydrogen-bond donors (Lipinski definition) is 2. The minimum Gasteiger partial charge on any atom is -0.461 e. The van der Waals surface area contributed by atoms with E-state index in [4.69, 9.17) is 4.74 Å². The van der Waals surface area contributed by atoms with E-state index in [2.05, 4.69) is 58.3 Å². The fraction of sp³-hybridized carbons (Fsp3) is 0.917. The topological polar surface area (TPSA) is 50.4 Å². The Hall–Kier alpha value is -0.870. The molecule has 4 nitrogen and oxygen atoms in total. The van der Waals surface area contributed by atoms with Crippen LogP contribution in [0.3, 0.4) is 0 Å². The lowest BCUT2D eigenvalue weighted by Crippen LogP contribution is -2.51. The molecule has 0 bridgehead atoms. The van der Waals surface area contributed by atoms with Gasteiger partial charge in [0.05, 0.1) is 6.54 Å². The average molecular weight is 557 g/mol. The van der Waals surface area contributed by atoms with Gasteiger partial charge in [-0.05, 0) is 124 Å². The van der Waals surface area contributed by atoms with E-state index in [1.54, 1.807) is 5.57 Å². The van der Waals surface area contributed by atoms with E-state index in [0.29, 0.717) is 17.4 Å². The van der Waals surface area contributed by atoms with E-state index in [1.807, 2.05) is 0 Å². The maximum absolute atomic E-state index is 12.6. The highest BCUT2D eigenvalue weighted by Crippen LogP contribution is 2.67. The zero-order valence-corrected chi connectivity index (χ0v) is 27.2. The number of carbonyl (C=O) groups is 1. The van der Waals surface area contributed by atoms with Gasteiger partial charge < -0.3 is 15.4 Å². The van der Waals surface area contributed by atoms with Gasteiger partial charge in [-0.2, -0.15) is 0 Å². The van der Waals surface area contributed by atoms with Crippen molar-refractivity contribution >= 4 is 5.97 Å². The molecule has 0 heterocycles. The van der Waals surface area contributed by atoms with Crippen molar-refractivity contribution in [2.24, 2.45) is 46.3 Å². The van der Waals surface area contributed by atoms with E-state index in [1.165, 1.54) is 70.6 Å². The van der Waals surface area contributed by atoms with Gasteiger partial charge in [-0.3, -0.25) is 4.79 Å². The second-order valence-electron chi connectivity index (χ2n) is 15.2. The maximum atomic E-state index is 12.6. The van der Waals surface area contributed by atoms with Crippen molar-refractivity contribution in [2.45, 2.75) is 138 Å². The number of allylic oxidation sites excluding steroid dienone is 1. The molecule has 0 aromatic heterocycles. The van der Waals surface area contributed by atoms with Crippen LogP contribution in [0.2, 0.25) is 0 Å². The van der Waals surface area contributed by atoms with Crippen LogP contribution in [0.25, 0.3) is 0 Å². The Morgan fingerprint density at radius 3 is 2.48 bits per heavy atom. The van der Waals surface area contributed by atoms with Crippen LogP contribution < -0.4 is 10.6 Å². The first-order chi connectivity index (χ1) is 19.2. The largest absolute Gasteiger partial charge is 0.461 e. The van der Waals surface area contributed by atoms with Crippen LogP contribution in [0.1, 0.15) is 131 Å². The number of hydrogen-bond acceptors (Lipinski definition) is 4. The molecule has 0 spiro atoms. The minimum absolute atomic E-state index is 0.0662. The molecule has 4 heteroatoms. The summed E-state index contributed by atoms with van der Waals surface area (Å²) in [5, 5.41) is 6.68. The zero-order chi connectivity index (χ0) is 28.8. The zero-order valence-electron chi connectivity index (χ0n) is 27.2. The highest BCUT2D eigenvalue weighted by atomic mass is 16.5. The van der Waals surface area contributed by atoms with Crippen LogP contribution >= 0.6 is 0 Å². The fourth-order valence-electron chi connectivity index (χ4n) is 10.0. The van der Waals surface area contributed by atoms with Crippen molar-refractivity contribution in [1.29, 1.82) is 0 Å². The van der Waals surface area contributed by atoms with E-state index in [9.17, 15) is 4.79 Å². The molecule has 0 amide bonds. The fourth-order valence-corrected chi connectivity index (χ4v) is 10.0. The Kier molecular flexibility index (Phi) is 11.7. The molecule has 4 rings (SSSR count). The van der Waals surface area contributed by atoms with Crippen molar-refractivity contribution in [2.75, 3.05) is 26.2 Å². The summed E-state index contributed by atoms with van der Waals surface area (Å²) >= 11 is 0. The molecular weight excluding hydrogens is 492 g/mol. The number of carbonyl (C=O) groups excluding carboxylic acids is 1. The van der Waals surface area contributed by atoms with Gasteiger partial charge >= 0.3 is 5.97 Å². The number of nitrogens with one attached hydrogen (secondary N) is 2. The Morgan fingerprint density at radius 2 is 1.73 bits per heavy atom. The molecule has 0 saturated heterocycles. The van der Waals surface area contributed by atoms with Crippen molar-refractivity contribution in [3.05, 3.63) is 11.6 Å². The highest BCUT2D eigenvalue weighted by Gasteiger charge is 2.59. The predicted molar refractivity (Wildman–Crippen MR) is 168 cm³/mol. The second-order valence-corrected chi connectivity index (χ2v) is 15.2. The Balaban J connectivity index is 1.26. The molecule has 3 saturated carbocycles. The van der Waals surface area contributed by atoms with Crippen LogP contribution in [0.5, 0.6) is 0 Å². The molecule has 4 aliphatic rings. The minimum atomic E-state index is -0.0662. The molecule has 230 valence electrons. The molecule has 3 fully saturated rings. The maximum Gasteiger partial charge on any atom is 0.320 e. The molecule has 0 aromatic carbocycles. The van der Waals surface area contributed by atoms with Crippen LogP contribution in [-0.2, 0) is 9.53 Å². The van der Waals surface area contributed by atoms with E-state index < -0.39 is 0 Å². The first-order valence-electron chi connectivity index (χ1n) is 17.5. The summed E-state index contributed by atoms with van der Waals surface area (Å²) in [7, 11) is 0. The van der Waals surface area contributed by atoms with Crippen LogP contribution in [0.4, 0.5) is 0 Å². The van der Waals surface area contributed by atoms with E-state index in [0.717, 1.165) is 74.4 Å². The van der Waals surface area contributed by atoms with Gasteiger partial charge in [-0.15, -0.1) is 0 Å². The van der Waals surface area contributed by atoms with Crippen molar-refractivity contribution in [3.8, 4) is 0 Å². The molecular formula is C36H64N2O2. The monoisotopic (exact) mass is 556 g/mol. The van der Waals surface area contributed by atoms with Crippen molar-refractivity contribution in [1.82, 2.24) is 10.6 Å². The highest BCUT2D eigenvalue weighted by molar-refractivity contribution is 5.71. The molecule has 4 aliphatic carbocycles. The second kappa shape index (κ2) is 14.5. The molecule has 0 aliphatic heterocycles. The summed E-state index contributed by atoms with van der Waals surface area (Å²) in [5.74, 6) is 5.16. The lowest BCUT2D eigenvalue weighted by atomic mass is 9.47. The first kappa shape index (κ1) is 32.1. The molecule has 2 N–H and O–H groups in total. The van der Waals surface area contributed by atoms with Crippen LogP contribution in [-0.4, -0.2) is 38.3 Å². The van der Waals surface area contributed by atoms with Gasteiger partial charge in [0.2, 0.25) is 0 Å². The molecule has 0 aromatic rings. The molecule has 8 atom stereocenters. The predicted octanol–water partition coefficient (Wildman–Crippen LogP) is 8.31. The van der Waals surface area contributed by atoms with Gasteiger partial charge in [0.15, 0.2) is 0 Å². The van der Waals surface area contributed by atoms with Gasteiger partial charge in [-0.1, -0.05) is 78.9 Å². The number of esters is 1. The van der Waals surface area contributed by atoms with Gasteiger partial charge in [0.1, 0.15) is 6.10 Å². The van der Waals surface area contributed by atoms with Gasteiger partial charge in [0, 0.05) is 6.42 Å². The molecule has 40 heavy (non-hydrogen) atoms.